The van der Waals surface area contributed by atoms with Crippen molar-refractivity contribution < 1.29 is 0 Å². The lowest BCUT2D eigenvalue weighted by atomic mass is 9.99. The van der Waals surface area contributed by atoms with Crippen LogP contribution in [-0.2, 0) is 0 Å². The lowest BCUT2D eigenvalue weighted by Gasteiger charge is -2.19. The predicted molar refractivity (Wildman–Crippen MR) is 124 cm³/mol. The molecular weight excluding hydrogens is 437 g/mol. The van der Waals surface area contributed by atoms with Crippen molar-refractivity contribution in [1.29, 1.82) is 0 Å². The van der Waals surface area contributed by atoms with E-state index in [1.54, 1.807) is 0 Å². The van der Waals surface area contributed by atoms with Crippen LogP contribution in [0.15, 0.2) is 29.3 Å². The second-order valence-corrected chi connectivity index (χ2v) is 7.18. The summed E-state index contributed by atoms with van der Waals surface area (Å²) in [5.41, 5.74) is 8.38. The average molecular weight is 473 g/mol. The number of rotatable bonds is 7. The SMILES string of the molecule is CCC(C)c1ccc(NC(N)=NCCCN2CCCN(C)CC2)cc1.I. The highest BCUT2D eigenvalue weighted by atomic mass is 127. The van der Waals surface area contributed by atoms with Gasteiger partial charge >= 0.3 is 0 Å². The van der Waals surface area contributed by atoms with Crippen molar-refractivity contribution in [3.63, 3.8) is 0 Å². The summed E-state index contributed by atoms with van der Waals surface area (Å²) in [5, 5.41) is 3.19. The van der Waals surface area contributed by atoms with Crippen molar-refractivity contribution >= 4 is 35.6 Å². The van der Waals surface area contributed by atoms with E-state index in [0.29, 0.717) is 11.9 Å². The van der Waals surface area contributed by atoms with Crippen LogP contribution in [0, 0.1) is 0 Å². The molecule has 1 aromatic rings. The summed E-state index contributed by atoms with van der Waals surface area (Å²) in [5.74, 6) is 1.10. The third-order valence-electron chi connectivity index (χ3n) is 5.09. The maximum absolute atomic E-state index is 6.01. The molecule has 3 N–H and O–H groups in total. The first-order valence-corrected chi connectivity index (χ1v) is 9.66. The third-order valence-corrected chi connectivity index (χ3v) is 5.09. The van der Waals surface area contributed by atoms with Gasteiger partial charge in [0.25, 0.3) is 0 Å². The van der Waals surface area contributed by atoms with Gasteiger partial charge in [-0.1, -0.05) is 26.0 Å². The first kappa shape index (κ1) is 23.2. The number of guanidine groups is 1. The number of anilines is 1. The van der Waals surface area contributed by atoms with E-state index < -0.39 is 0 Å². The number of benzene rings is 1. The van der Waals surface area contributed by atoms with E-state index in [1.807, 2.05) is 0 Å². The van der Waals surface area contributed by atoms with E-state index >= 15 is 0 Å². The molecule has 0 spiro atoms. The van der Waals surface area contributed by atoms with Gasteiger partial charge in [-0.25, -0.2) is 0 Å². The van der Waals surface area contributed by atoms with Gasteiger partial charge in [0.15, 0.2) is 5.96 Å². The van der Waals surface area contributed by atoms with E-state index in [1.165, 1.54) is 31.6 Å². The Hall–Kier alpha value is -0.860. The maximum atomic E-state index is 6.01. The summed E-state index contributed by atoms with van der Waals surface area (Å²) in [6.45, 7) is 11.1. The molecule has 6 heteroatoms. The zero-order valence-corrected chi connectivity index (χ0v) is 18.9. The van der Waals surface area contributed by atoms with Gasteiger partial charge in [-0.15, -0.1) is 24.0 Å². The minimum atomic E-state index is 0. The van der Waals surface area contributed by atoms with Gasteiger partial charge in [0.1, 0.15) is 0 Å². The molecule has 0 aliphatic carbocycles. The van der Waals surface area contributed by atoms with Gasteiger partial charge in [-0.3, -0.25) is 4.99 Å². The zero-order valence-electron chi connectivity index (χ0n) is 16.6. The Morgan fingerprint density at radius 1 is 1.19 bits per heavy atom. The second-order valence-electron chi connectivity index (χ2n) is 7.18. The van der Waals surface area contributed by atoms with E-state index in [9.17, 15) is 0 Å². The lowest BCUT2D eigenvalue weighted by molar-refractivity contribution is 0.275. The third kappa shape index (κ3) is 8.22. The molecule has 1 atom stereocenters. The quantitative estimate of drug-likeness (QED) is 0.275. The van der Waals surface area contributed by atoms with Crippen LogP contribution in [0.2, 0.25) is 0 Å². The number of likely N-dealkylation sites (N-methyl/N-ethyl adjacent to an activating group) is 1. The smallest absolute Gasteiger partial charge is 0.193 e. The van der Waals surface area contributed by atoms with Gasteiger partial charge in [-0.05, 0) is 69.6 Å². The van der Waals surface area contributed by atoms with E-state index in [-0.39, 0.29) is 24.0 Å². The first-order valence-electron chi connectivity index (χ1n) is 9.66. The fourth-order valence-electron chi connectivity index (χ4n) is 3.14. The molecule has 148 valence electrons. The molecule has 1 aliphatic heterocycles. The molecule has 26 heavy (non-hydrogen) atoms. The molecule has 1 fully saturated rings. The van der Waals surface area contributed by atoms with Gasteiger partial charge in [0.2, 0.25) is 0 Å². The molecule has 0 aromatic heterocycles. The van der Waals surface area contributed by atoms with Crippen molar-refractivity contribution in [2.24, 2.45) is 10.7 Å². The van der Waals surface area contributed by atoms with Crippen LogP contribution < -0.4 is 11.1 Å². The highest BCUT2D eigenvalue weighted by molar-refractivity contribution is 14.0. The summed E-state index contributed by atoms with van der Waals surface area (Å²) in [4.78, 5) is 9.41. The van der Waals surface area contributed by atoms with Crippen LogP contribution in [0.5, 0.6) is 0 Å². The summed E-state index contributed by atoms with van der Waals surface area (Å²) in [6.07, 6.45) is 3.47. The van der Waals surface area contributed by atoms with Gasteiger partial charge in [0.05, 0.1) is 0 Å². The fourth-order valence-corrected chi connectivity index (χ4v) is 3.14. The minimum absolute atomic E-state index is 0. The molecule has 0 radical (unpaired) electrons. The largest absolute Gasteiger partial charge is 0.370 e. The van der Waals surface area contributed by atoms with Crippen molar-refractivity contribution in [1.82, 2.24) is 9.80 Å². The fraction of sp³-hybridized carbons (Fsp3) is 0.650. The summed E-state index contributed by atoms with van der Waals surface area (Å²) in [7, 11) is 2.20. The average Bonchev–Trinajstić information content (AvgIpc) is 2.83. The number of halogens is 1. The Labute approximate surface area is 176 Å². The van der Waals surface area contributed by atoms with Crippen LogP contribution in [0.3, 0.4) is 0 Å². The van der Waals surface area contributed by atoms with Gasteiger partial charge in [-0.2, -0.15) is 0 Å². The molecular formula is C20H36IN5. The molecule has 0 amide bonds. The number of nitrogens with zero attached hydrogens (tertiary/aromatic N) is 3. The summed E-state index contributed by atoms with van der Waals surface area (Å²) >= 11 is 0. The Morgan fingerprint density at radius 3 is 2.62 bits per heavy atom. The Kier molecular flexibility index (Phi) is 11.2. The standard InChI is InChI=1S/C20H35N5.HI/c1-4-17(2)18-7-9-19(10-8-18)23-20(21)22-11-5-13-25-14-6-12-24(3)15-16-25;/h7-10,17H,4-6,11-16H2,1-3H3,(H3,21,22,23);1H. The van der Waals surface area contributed by atoms with Crippen molar-refractivity contribution in [3.8, 4) is 0 Å². The van der Waals surface area contributed by atoms with Crippen molar-refractivity contribution in [2.45, 2.75) is 39.0 Å². The lowest BCUT2D eigenvalue weighted by Crippen LogP contribution is -2.30. The van der Waals surface area contributed by atoms with Gasteiger partial charge in [0, 0.05) is 25.3 Å². The molecule has 1 unspecified atom stereocenters. The van der Waals surface area contributed by atoms with Crippen LogP contribution >= 0.6 is 24.0 Å². The number of nitrogens with one attached hydrogen (secondary N) is 1. The van der Waals surface area contributed by atoms with Crippen LogP contribution in [-0.4, -0.2) is 62.1 Å². The Balaban J connectivity index is 0.00000338. The highest BCUT2D eigenvalue weighted by Crippen LogP contribution is 2.20. The molecule has 5 nitrogen and oxygen atoms in total. The van der Waals surface area contributed by atoms with Crippen LogP contribution in [0.1, 0.15) is 44.6 Å². The minimum Gasteiger partial charge on any atom is -0.370 e. The van der Waals surface area contributed by atoms with E-state index in [0.717, 1.165) is 38.2 Å². The normalized spacial score (nSPS) is 18.0. The number of aliphatic imine (C=N–C) groups is 1. The molecule has 1 aliphatic rings. The monoisotopic (exact) mass is 473 g/mol. The molecule has 0 bridgehead atoms. The predicted octanol–water partition coefficient (Wildman–Crippen LogP) is 3.57. The molecule has 2 rings (SSSR count). The maximum Gasteiger partial charge on any atom is 0.193 e. The Bertz CT molecular complexity index is 532. The van der Waals surface area contributed by atoms with Crippen LogP contribution in [0.4, 0.5) is 5.69 Å². The first-order chi connectivity index (χ1) is 12.1. The van der Waals surface area contributed by atoms with Crippen LogP contribution in [0.25, 0.3) is 0 Å². The second kappa shape index (κ2) is 12.5. The van der Waals surface area contributed by atoms with E-state index in [2.05, 4.69) is 65.3 Å². The highest BCUT2D eigenvalue weighted by Gasteiger charge is 2.11. The molecule has 1 heterocycles. The van der Waals surface area contributed by atoms with Gasteiger partial charge < -0.3 is 20.9 Å². The molecule has 1 saturated heterocycles. The molecule has 0 saturated carbocycles. The van der Waals surface area contributed by atoms with Crippen molar-refractivity contribution in [3.05, 3.63) is 29.8 Å². The zero-order chi connectivity index (χ0) is 18.1. The number of nitrogens with two attached hydrogens (primary N) is 1. The summed E-state index contributed by atoms with van der Waals surface area (Å²) in [6, 6.07) is 8.50. The number of hydrogen-bond donors (Lipinski definition) is 2. The van der Waals surface area contributed by atoms with Crippen molar-refractivity contribution in [2.75, 3.05) is 51.6 Å². The number of hydrogen-bond acceptors (Lipinski definition) is 3. The topological polar surface area (TPSA) is 56.9 Å². The Morgan fingerprint density at radius 2 is 1.92 bits per heavy atom. The van der Waals surface area contributed by atoms with E-state index in [4.69, 9.17) is 5.73 Å². The molecule has 1 aromatic carbocycles. The summed E-state index contributed by atoms with van der Waals surface area (Å²) < 4.78 is 0.